The van der Waals surface area contributed by atoms with Crippen LogP contribution in [-0.4, -0.2) is 106 Å². The maximum absolute atomic E-state index is 15.3. The third kappa shape index (κ3) is 5.93. The van der Waals surface area contributed by atoms with Gasteiger partial charge in [0.05, 0.1) is 29.3 Å². The van der Waals surface area contributed by atoms with E-state index in [1.165, 1.54) is 33.8 Å². The van der Waals surface area contributed by atoms with E-state index in [2.05, 4.69) is 6.58 Å². The zero-order chi connectivity index (χ0) is 34.4. The highest BCUT2D eigenvalue weighted by Crippen LogP contribution is 2.50. The van der Waals surface area contributed by atoms with E-state index in [1.54, 1.807) is 22.5 Å². The Morgan fingerprint density at radius 1 is 1.15 bits per heavy atom. The Balaban J connectivity index is 1.07. The largest absolute Gasteiger partial charge is 0.477 e. The van der Waals surface area contributed by atoms with Crippen LogP contribution in [0.4, 0.5) is 14.9 Å². The van der Waals surface area contributed by atoms with Gasteiger partial charge in [-0.15, -0.1) is 11.8 Å². The van der Waals surface area contributed by atoms with E-state index in [0.717, 1.165) is 18.9 Å². The summed E-state index contributed by atoms with van der Waals surface area (Å²) in [4.78, 5) is 68.4. The van der Waals surface area contributed by atoms with Crippen LogP contribution in [0.15, 0.2) is 46.4 Å². The van der Waals surface area contributed by atoms with Gasteiger partial charge in [0, 0.05) is 60.4 Å². The van der Waals surface area contributed by atoms with Crippen LogP contribution in [0.2, 0.25) is 0 Å². The van der Waals surface area contributed by atoms with Crippen LogP contribution in [0.3, 0.4) is 0 Å². The predicted octanol–water partition coefficient (Wildman–Crippen LogP) is 2.96. The molecule has 0 spiro atoms. The van der Waals surface area contributed by atoms with Crippen molar-refractivity contribution in [1.29, 1.82) is 0 Å². The number of rotatable bonds is 11. The van der Waals surface area contributed by atoms with Gasteiger partial charge in [-0.2, -0.15) is 0 Å². The average molecular weight is 685 g/mol. The van der Waals surface area contributed by atoms with Crippen molar-refractivity contribution < 1.29 is 43.3 Å². The third-order valence-electron chi connectivity index (χ3n) is 9.35. The SMILES string of the molecule is C=CCOC(=O)C1=C(SCCOC(=O)N2CCN(c3cc4c(cc3F)c(=O)c(C(=O)O)cn4C3CC3)CC2)[C@H](C)[C@@H]2[C@@H]([C@@H](C)O)C(=O)N12. The number of carboxylic acids is 1. The molecule has 0 bridgehead atoms. The van der Waals surface area contributed by atoms with Gasteiger partial charge in [0.25, 0.3) is 0 Å². The Morgan fingerprint density at radius 3 is 2.48 bits per heavy atom. The number of esters is 1. The molecular weight excluding hydrogens is 647 g/mol. The van der Waals surface area contributed by atoms with E-state index in [4.69, 9.17) is 9.47 Å². The normalized spacial score (nSPS) is 22.8. The van der Waals surface area contributed by atoms with Gasteiger partial charge < -0.3 is 39.0 Å². The third-order valence-corrected chi connectivity index (χ3v) is 10.6. The molecule has 6 rings (SSSR count). The number of aromatic carboxylic acids is 1. The van der Waals surface area contributed by atoms with E-state index in [1.807, 2.05) is 6.92 Å². The van der Waals surface area contributed by atoms with Crippen LogP contribution in [0, 0.1) is 17.7 Å². The van der Waals surface area contributed by atoms with Crippen molar-refractivity contribution in [3.63, 3.8) is 0 Å². The maximum atomic E-state index is 15.3. The summed E-state index contributed by atoms with van der Waals surface area (Å²) in [5.74, 6) is -3.51. The molecule has 4 atom stereocenters. The fourth-order valence-corrected chi connectivity index (χ4v) is 7.93. The molecule has 2 aromatic rings. The number of carboxylic acid groups (broad SMARTS) is 1. The number of nitrogens with zero attached hydrogens (tertiary/aromatic N) is 4. The lowest BCUT2D eigenvalue weighted by Gasteiger charge is -2.46. The number of pyridine rings is 1. The number of anilines is 1. The predicted molar refractivity (Wildman–Crippen MR) is 174 cm³/mol. The lowest BCUT2D eigenvalue weighted by molar-refractivity contribution is -0.164. The molecule has 1 aliphatic carbocycles. The number of halogens is 1. The van der Waals surface area contributed by atoms with Gasteiger partial charge in [-0.3, -0.25) is 9.59 Å². The second-order valence-corrected chi connectivity index (χ2v) is 13.6. The number of benzene rings is 1. The molecule has 13 nitrogen and oxygen atoms in total. The fourth-order valence-electron chi connectivity index (χ4n) is 6.82. The smallest absolute Gasteiger partial charge is 0.409 e. The summed E-state index contributed by atoms with van der Waals surface area (Å²) in [6.07, 6.45) is 3.04. The molecule has 4 heterocycles. The zero-order valence-corrected chi connectivity index (χ0v) is 27.4. The van der Waals surface area contributed by atoms with Crippen molar-refractivity contribution in [3.8, 4) is 0 Å². The summed E-state index contributed by atoms with van der Waals surface area (Å²) in [7, 11) is 0. The number of hydrogen-bond acceptors (Lipinski definition) is 10. The van der Waals surface area contributed by atoms with Crippen LogP contribution in [0.25, 0.3) is 10.9 Å². The molecule has 48 heavy (non-hydrogen) atoms. The molecule has 15 heteroatoms. The van der Waals surface area contributed by atoms with Gasteiger partial charge in [0.2, 0.25) is 11.3 Å². The molecule has 2 saturated heterocycles. The number of thioether (sulfide) groups is 1. The minimum absolute atomic E-state index is 0.0191. The van der Waals surface area contributed by atoms with Gasteiger partial charge in [0.15, 0.2) is 0 Å². The summed E-state index contributed by atoms with van der Waals surface area (Å²) >= 11 is 1.30. The van der Waals surface area contributed by atoms with Gasteiger partial charge in [-0.05, 0) is 31.9 Å². The molecule has 2 amide bonds. The lowest BCUT2D eigenvalue weighted by atomic mass is 9.79. The Morgan fingerprint density at radius 2 is 1.85 bits per heavy atom. The van der Waals surface area contributed by atoms with Crippen LogP contribution in [0.1, 0.15) is 43.1 Å². The summed E-state index contributed by atoms with van der Waals surface area (Å²) in [6.45, 7) is 8.14. The molecule has 3 aliphatic heterocycles. The number of fused-ring (bicyclic) bond motifs is 2. The van der Waals surface area contributed by atoms with Crippen molar-refractivity contribution >= 4 is 52.3 Å². The first-order valence-corrected chi connectivity index (χ1v) is 16.9. The average Bonchev–Trinajstić information content (AvgIpc) is 3.86. The van der Waals surface area contributed by atoms with Crippen molar-refractivity contribution in [2.75, 3.05) is 50.0 Å². The highest BCUT2D eigenvalue weighted by atomic mass is 32.2. The first kappa shape index (κ1) is 33.5. The number of carbonyl (C=O) groups is 4. The Kier molecular flexibility index (Phi) is 9.27. The molecule has 1 saturated carbocycles. The molecular formula is C33H37FN4O9S. The number of carbonyl (C=O) groups excluding carboxylic acids is 3. The Labute approximate surface area is 279 Å². The van der Waals surface area contributed by atoms with E-state index in [-0.39, 0.29) is 67.0 Å². The summed E-state index contributed by atoms with van der Waals surface area (Å²) in [6, 6.07) is 2.38. The minimum Gasteiger partial charge on any atom is -0.477 e. The van der Waals surface area contributed by atoms with Gasteiger partial charge in [-0.25, -0.2) is 18.8 Å². The zero-order valence-electron chi connectivity index (χ0n) is 26.6. The monoisotopic (exact) mass is 684 g/mol. The number of piperazine rings is 1. The highest BCUT2D eigenvalue weighted by Gasteiger charge is 2.60. The first-order valence-electron chi connectivity index (χ1n) is 15.9. The highest BCUT2D eigenvalue weighted by molar-refractivity contribution is 8.03. The van der Waals surface area contributed by atoms with Crippen LogP contribution in [0.5, 0.6) is 0 Å². The summed E-state index contributed by atoms with van der Waals surface area (Å²) in [5, 5.41) is 19.7. The quantitative estimate of drug-likeness (QED) is 0.155. The van der Waals surface area contributed by atoms with E-state index in [9.17, 15) is 34.2 Å². The Hall–Kier alpha value is -4.37. The summed E-state index contributed by atoms with van der Waals surface area (Å²) in [5.41, 5.74) is -0.219. The van der Waals surface area contributed by atoms with Crippen LogP contribution < -0.4 is 10.3 Å². The molecule has 4 aliphatic rings. The van der Waals surface area contributed by atoms with Gasteiger partial charge in [0.1, 0.15) is 30.3 Å². The number of aliphatic hydroxyl groups excluding tert-OH is 1. The molecule has 3 fully saturated rings. The topological polar surface area (TPSA) is 159 Å². The van der Waals surface area contributed by atoms with Gasteiger partial charge in [-0.1, -0.05) is 19.6 Å². The minimum atomic E-state index is -1.35. The number of β-lactam (4-membered cyclic amide) rings is 1. The number of aliphatic hydroxyl groups is 1. The van der Waals surface area contributed by atoms with E-state index < -0.39 is 46.9 Å². The van der Waals surface area contributed by atoms with Crippen molar-refractivity contribution in [2.24, 2.45) is 11.8 Å². The molecule has 2 N–H and O–H groups in total. The molecule has 1 aromatic carbocycles. The van der Waals surface area contributed by atoms with Gasteiger partial charge >= 0.3 is 18.0 Å². The second kappa shape index (κ2) is 13.3. The second-order valence-electron chi connectivity index (χ2n) is 12.4. The fraction of sp³-hybridized carbons (Fsp3) is 0.485. The first-order chi connectivity index (χ1) is 22.9. The molecule has 0 radical (unpaired) electrons. The summed E-state index contributed by atoms with van der Waals surface area (Å²) < 4.78 is 27.8. The number of ether oxygens (including phenoxy) is 2. The van der Waals surface area contributed by atoms with Crippen LogP contribution >= 0.6 is 11.8 Å². The maximum Gasteiger partial charge on any atom is 0.409 e. The van der Waals surface area contributed by atoms with Crippen molar-refractivity contribution in [1.82, 2.24) is 14.4 Å². The van der Waals surface area contributed by atoms with Crippen LogP contribution in [-0.2, 0) is 19.1 Å². The van der Waals surface area contributed by atoms with Crippen molar-refractivity contribution in [2.45, 2.75) is 44.9 Å². The lowest BCUT2D eigenvalue weighted by Crippen LogP contribution is -2.63. The van der Waals surface area contributed by atoms with Crippen molar-refractivity contribution in [3.05, 3.63) is 63.2 Å². The van der Waals surface area contributed by atoms with E-state index >= 15 is 4.39 Å². The number of hydrogen-bond donors (Lipinski definition) is 2. The standard InChI is InChI=1S/C33H37FN4O9S/c1-4-11-46-32(44)27-29(17(2)26-25(18(3)39)30(41)38(26)27)48-13-12-47-33(45)36-9-7-35(8-10-36)24-15-23-20(14-22(24)34)28(40)21(31(42)43)16-37(23)19-5-6-19/h4,14-19,25-26,39H,1,5-13H2,2-3H3,(H,42,43)/t17-,18-,25-,26-/m1/s1. The number of amides is 2. The number of aromatic nitrogens is 1. The Bertz CT molecular complexity index is 1780. The molecule has 256 valence electrons. The van der Waals surface area contributed by atoms with E-state index in [0.29, 0.717) is 29.3 Å². The molecule has 1 aromatic heterocycles. The molecule has 0 unspecified atom stereocenters.